The lowest BCUT2D eigenvalue weighted by molar-refractivity contribution is -0.787. The molecule has 2 aliphatic heterocycles. The number of likely N-dealkylation sites (tertiary alicyclic amines) is 1. The molecule has 0 radical (unpaired) electrons. The number of hydrogen-bond donors (Lipinski definition) is 3. The van der Waals surface area contributed by atoms with E-state index in [1.54, 1.807) is 0 Å². The van der Waals surface area contributed by atoms with Gasteiger partial charge in [-0.05, 0) is 25.7 Å². The minimum Gasteiger partial charge on any atom is -0.381 e. The second-order valence-electron chi connectivity index (χ2n) is 9.49. The molecule has 5 amide bonds. The van der Waals surface area contributed by atoms with Crippen LogP contribution < -0.4 is 10.6 Å². The fourth-order valence-corrected chi connectivity index (χ4v) is 5.54. The Morgan fingerprint density at radius 3 is 2.50 bits per heavy atom. The van der Waals surface area contributed by atoms with Gasteiger partial charge in [0.05, 0.1) is 38.2 Å². The number of imide groups is 1. The van der Waals surface area contributed by atoms with E-state index < -0.39 is 11.9 Å². The van der Waals surface area contributed by atoms with Crippen molar-refractivity contribution in [1.82, 2.24) is 15.7 Å². The van der Waals surface area contributed by atoms with Gasteiger partial charge in [0, 0.05) is 19.4 Å². The van der Waals surface area contributed by atoms with Gasteiger partial charge < -0.3 is 10.1 Å². The summed E-state index contributed by atoms with van der Waals surface area (Å²) in [6, 6.07) is -0.647. The fourth-order valence-electron chi connectivity index (χ4n) is 5.54. The van der Waals surface area contributed by atoms with Crippen LogP contribution in [0.25, 0.3) is 0 Å². The van der Waals surface area contributed by atoms with Crippen LogP contribution >= 0.6 is 0 Å². The Morgan fingerprint density at radius 1 is 1.16 bits per heavy atom. The predicted molar refractivity (Wildman–Crippen MR) is 114 cm³/mol. The van der Waals surface area contributed by atoms with E-state index in [0.717, 1.165) is 38.5 Å². The van der Waals surface area contributed by atoms with E-state index in [9.17, 15) is 24.4 Å². The first-order valence-corrected chi connectivity index (χ1v) is 11.8. The molecule has 0 spiro atoms. The number of carbonyl (C=O) groups is 4. The normalized spacial score (nSPS) is 28.9. The van der Waals surface area contributed by atoms with Crippen molar-refractivity contribution in [2.75, 3.05) is 33.0 Å². The Morgan fingerprint density at radius 2 is 1.91 bits per heavy atom. The lowest BCUT2D eigenvalue weighted by atomic mass is 9.91. The highest BCUT2D eigenvalue weighted by atomic mass is 16.5. The first kappa shape index (κ1) is 24.6. The van der Waals surface area contributed by atoms with Crippen molar-refractivity contribution >= 4 is 24.3 Å². The van der Waals surface area contributed by atoms with Gasteiger partial charge in [0.15, 0.2) is 0 Å². The molecular formula is C22H37N4O6+. The standard InChI is InChI=1S/C22H36N4O6/c1-16-5-4-9-26(16,22(30)24-14-23-20(28)18-8-10-32-13-18)21(29)19(12-25(31)15-27)11-17-6-2-3-7-17/h15-19,31H,2-14H2,1H3,(H-,23,24,28,30)/p+1/t16-,18?,19-,26?/m1/s1. The third-order valence-electron chi connectivity index (χ3n) is 7.41. The second kappa shape index (κ2) is 11.2. The smallest absolute Gasteiger partial charge is 0.381 e. The van der Waals surface area contributed by atoms with Crippen molar-refractivity contribution in [3.8, 4) is 0 Å². The van der Waals surface area contributed by atoms with E-state index in [0.29, 0.717) is 50.0 Å². The summed E-state index contributed by atoms with van der Waals surface area (Å²) < 4.78 is 4.87. The molecule has 0 aromatic rings. The number of carbonyl (C=O) groups excluding carboxylic acids is 4. The van der Waals surface area contributed by atoms with Gasteiger partial charge in [-0.15, -0.1) is 0 Å². The summed E-state index contributed by atoms with van der Waals surface area (Å²) in [5, 5.41) is 15.8. The third kappa shape index (κ3) is 5.47. The topological polar surface area (TPSA) is 125 Å². The second-order valence-corrected chi connectivity index (χ2v) is 9.49. The van der Waals surface area contributed by atoms with E-state index >= 15 is 0 Å². The zero-order valence-corrected chi connectivity index (χ0v) is 19.0. The lowest BCUT2D eigenvalue weighted by Crippen LogP contribution is -2.65. The van der Waals surface area contributed by atoms with Crippen LogP contribution in [0.5, 0.6) is 0 Å². The molecule has 180 valence electrons. The summed E-state index contributed by atoms with van der Waals surface area (Å²) in [6.07, 6.45) is 7.26. The maximum Gasteiger partial charge on any atom is 0.425 e. The molecule has 0 aromatic heterocycles. The molecule has 10 nitrogen and oxygen atoms in total. The molecule has 2 unspecified atom stereocenters. The Hall–Kier alpha value is -2.04. The molecule has 2 saturated heterocycles. The molecular weight excluding hydrogens is 416 g/mol. The monoisotopic (exact) mass is 453 g/mol. The van der Waals surface area contributed by atoms with Gasteiger partial charge in [-0.2, -0.15) is 4.48 Å². The van der Waals surface area contributed by atoms with E-state index in [4.69, 9.17) is 4.74 Å². The van der Waals surface area contributed by atoms with Crippen LogP contribution in [0.3, 0.4) is 0 Å². The zero-order chi connectivity index (χ0) is 23.1. The first-order valence-electron chi connectivity index (χ1n) is 11.8. The van der Waals surface area contributed by atoms with Crippen molar-refractivity contribution in [2.24, 2.45) is 17.8 Å². The average molecular weight is 454 g/mol. The summed E-state index contributed by atoms with van der Waals surface area (Å²) in [5.74, 6) is -0.896. The number of rotatable bonds is 9. The fraction of sp³-hybridized carbons (Fsp3) is 0.818. The first-order chi connectivity index (χ1) is 15.4. The van der Waals surface area contributed by atoms with Gasteiger partial charge in [-0.1, -0.05) is 25.7 Å². The van der Waals surface area contributed by atoms with Crippen molar-refractivity contribution in [3.05, 3.63) is 0 Å². The number of hydroxylamine groups is 2. The molecule has 10 heteroatoms. The number of amides is 5. The van der Waals surface area contributed by atoms with Crippen molar-refractivity contribution in [3.63, 3.8) is 0 Å². The minimum atomic E-state index is -0.621. The highest BCUT2D eigenvalue weighted by Gasteiger charge is 2.55. The van der Waals surface area contributed by atoms with Crippen molar-refractivity contribution in [2.45, 2.75) is 64.3 Å². The summed E-state index contributed by atoms with van der Waals surface area (Å²) in [4.78, 5) is 50.4. The number of nitrogens with zero attached hydrogens (tertiary/aromatic N) is 2. The van der Waals surface area contributed by atoms with Crippen LogP contribution in [-0.2, 0) is 19.1 Å². The molecule has 2 heterocycles. The van der Waals surface area contributed by atoms with Crippen LogP contribution in [0, 0.1) is 17.8 Å². The van der Waals surface area contributed by atoms with Gasteiger partial charge >= 0.3 is 11.9 Å². The van der Waals surface area contributed by atoms with E-state index in [-0.39, 0.29) is 41.5 Å². The third-order valence-corrected chi connectivity index (χ3v) is 7.41. The van der Waals surface area contributed by atoms with Crippen LogP contribution in [0.15, 0.2) is 0 Å². The minimum absolute atomic E-state index is 0.0536. The molecule has 1 aliphatic carbocycles. The summed E-state index contributed by atoms with van der Waals surface area (Å²) in [7, 11) is 0. The Kier molecular flexibility index (Phi) is 8.61. The molecule has 3 rings (SSSR count). The highest BCUT2D eigenvalue weighted by molar-refractivity contribution is 5.86. The molecule has 3 fully saturated rings. The largest absolute Gasteiger partial charge is 0.425 e. The summed E-state index contributed by atoms with van der Waals surface area (Å²) in [6.45, 7) is 3.04. The maximum absolute atomic E-state index is 13.8. The van der Waals surface area contributed by atoms with Crippen LogP contribution in [0.1, 0.15) is 58.3 Å². The van der Waals surface area contributed by atoms with Crippen molar-refractivity contribution < 1.29 is 33.6 Å². The highest BCUT2D eigenvalue weighted by Crippen LogP contribution is 2.35. The molecule has 4 atom stereocenters. The van der Waals surface area contributed by atoms with Crippen LogP contribution in [-0.4, -0.2) is 78.0 Å². The Balaban J connectivity index is 1.69. The number of hydrogen-bond acceptors (Lipinski definition) is 6. The Labute approximate surface area is 189 Å². The van der Waals surface area contributed by atoms with Gasteiger partial charge in [0.2, 0.25) is 12.3 Å². The quantitative estimate of drug-likeness (QED) is 0.159. The van der Waals surface area contributed by atoms with E-state index in [1.807, 2.05) is 6.92 Å². The number of nitrogens with one attached hydrogen (secondary N) is 2. The zero-order valence-electron chi connectivity index (χ0n) is 19.0. The lowest BCUT2D eigenvalue weighted by Gasteiger charge is -2.36. The molecule has 3 N–H and O–H groups in total. The van der Waals surface area contributed by atoms with Gasteiger partial charge in [0.1, 0.15) is 6.04 Å². The predicted octanol–water partition coefficient (Wildman–Crippen LogP) is 1.38. The van der Waals surface area contributed by atoms with E-state index in [2.05, 4.69) is 10.6 Å². The van der Waals surface area contributed by atoms with Gasteiger partial charge in [-0.3, -0.25) is 20.1 Å². The average Bonchev–Trinajstić information content (AvgIpc) is 3.55. The van der Waals surface area contributed by atoms with Gasteiger partial charge in [0.25, 0.3) is 0 Å². The van der Waals surface area contributed by atoms with E-state index in [1.165, 1.54) is 0 Å². The summed E-state index contributed by atoms with van der Waals surface area (Å²) in [5.41, 5.74) is 0. The van der Waals surface area contributed by atoms with Gasteiger partial charge in [-0.25, -0.2) is 14.7 Å². The molecule has 0 bridgehead atoms. The maximum atomic E-state index is 13.8. The summed E-state index contributed by atoms with van der Waals surface area (Å²) >= 11 is 0. The SMILES string of the molecule is C[C@@H]1CCC[N+]1(C(=O)NCNC(=O)C1CCOC1)C(=O)[C@H](CC1CCCC1)CN(O)C=O. The molecule has 0 aromatic carbocycles. The Bertz CT molecular complexity index is 692. The van der Waals surface area contributed by atoms with Crippen LogP contribution in [0.2, 0.25) is 0 Å². The molecule has 32 heavy (non-hydrogen) atoms. The van der Waals surface area contributed by atoms with Crippen molar-refractivity contribution in [1.29, 1.82) is 0 Å². The number of ether oxygens (including phenoxy) is 1. The molecule has 3 aliphatic rings. The number of urea groups is 1. The number of quaternary nitrogens is 1. The van der Waals surface area contributed by atoms with Crippen LogP contribution in [0.4, 0.5) is 4.79 Å². The molecule has 1 saturated carbocycles.